The summed E-state index contributed by atoms with van der Waals surface area (Å²) in [5, 5.41) is 2.23. The number of carbonyl (C=O) groups is 1. The Morgan fingerprint density at radius 2 is 1.94 bits per heavy atom. The quantitative estimate of drug-likeness (QED) is 0.796. The van der Waals surface area contributed by atoms with Crippen LogP contribution in [0.1, 0.15) is 12.8 Å². The summed E-state index contributed by atoms with van der Waals surface area (Å²) in [5.41, 5.74) is 4.39. The maximum atomic E-state index is 13.3. The van der Waals surface area contributed by atoms with Crippen LogP contribution < -0.4 is 11.1 Å². The molecule has 6 heteroatoms. The number of nitrogens with two attached hydrogens (primary N) is 1. The van der Waals surface area contributed by atoms with Crippen molar-refractivity contribution in [3.63, 3.8) is 0 Å². The van der Waals surface area contributed by atoms with Crippen LogP contribution in [-0.2, 0) is 4.79 Å². The van der Waals surface area contributed by atoms with E-state index in [0.717, 1.165) is 12.1 Å². The molecule has 1 aliphatic carbocycles. The van der Waals surface area contributed by atoms with Gasteiger partial charge < -0.3 is 11.1 Å². The average molecular weight is 244 g/mol. The number of hydrogen-bond donors (Lipinski definition) is 2. The Hall–Kier alpha value is -1.56. The predicted molar refractivity (Wildman–Crippen MR) is 55.7 cm³/mol. The smallest absolute Gasteiger partial charge is 0.231 e. The largest absolute Gasteiger partial charge is 0.329 e. The third-order valence-electron chi connectivity index (χ3n) is 3.01. The van der Waals surface area contributed by atoms with Crippen molar-refractivity contribution in [2.75, 3.05) is 11.9 Å². The topological polar surface area (TPSA) is 55.1 Å². The van der Waals surface area contributed by atoms with Gasteiger partial charge in [0, 0.05) is 6.54 Å². The van der Waals surface area contributed by atoms with Crippen molar-refractivity contribution in [1.82, 2.24) is 0 Å². The summed E-state index contributed by atoms with van der Waals surface area (Å²) >= 11 is 0. The van der Waals surface area contributed by atoms with E-state index in [4.69, 9.17) is 5.73 Å². The van der Waals surface area contributed by atoms with E-state index < -0.39 is 28.8 Å². The summed E-state index contributed by atoms with van der Waals surface area (Å²) in [6, 6.07) is 1.74. The van der Waals surface area contributed by atoms with E-state index in [-0.39, 0.29) is 12.2 Å². The molecule has 1 saturated carbocycles. The van der Waals surface area contributed by atoms with Gasteiger partial charge in [-0.05, 0) is 25.0 Å². The van der Waals surface area contributed by atoms with Crippen molar-refractivity contribution in [1.29, 1.82) is 0 Å². The molecule has 1 fully saturated rings. The van der Waals surface area contributed by atoms with Gasteiger partial charge in [-0.2, -0.15) is 0 Å². The Morgan fingerprint density at radius 3 is 2.47 bits per heavy atom. The normalized spacial score (nSPS) is 16.7. The van der Waals surface area contributed by atoms with E-state index in [1.807, 2.05) is 0 Å². The second-order valence-corrected chi connectivity index (χ2v) is 4.16. The zero-order valence-corrected chi connectivity index (χ0v) is 8.90. The van der Waals surface area contributed by atoms with Crippen LogP contribution in [0.4, 0.5) is 18.9 Å². The Bertz CT molecular complexity index is 472. The van der Waals surface area contributed by atoms with Gasteiger partial charge in [-0.25, -0.2) is 13.2 Å². The highest BCUT2D eigenvalue weighted by atomic mass is 19.2. The maximum Gasteiger partial charge on any atom is 0.231 e. The van der Waals surface area contributed by atoms with Crippen LogP contribution in [0.2, 0.25) is 0 Å². The number of halogens is 3. The van der Waals surface area contributed by atoms with Gasteiger partial charge in [-0.1, -0.05) is 0 Å². The minimum absolute atomic E-state index is 0.157. The van der Waals surface area contributed by atoms with E-state index >= 15 is 0 Å². The third kappa shape index (κ3) is 2.00. The summed E-state index contributed by atoms with van der Waals surface area (Å²) in [4.78, 5) is 11.7. The molecular formula is C11H11F3N2O. The van der Waals surface area contributed by atoms with Gasteiger partial charge in [-0.15, -0.1) is 0 Å². The lowest BCUT2D eigenvalue weighted by Gasteiger charge is -2.13. The highest BCUT2D eigenvalue weighted by molar-refractivity contribution is 5.97. The molecule has 0 atom stereocenters. The first-order chi connectivity index (χ1) is 8.00. The van der Waals surface area contributed by atoms with Crippen LogP contribution in [0, 0.1) is 22.9 Å². The van der Waals surface area contributed by atoms with E-state index in [1.54, 1.807) is 0 Å². The van der Waals surface area contributed by atoms with Crippen molar-refractivity contribution < 1.29 is 18.0 Å². The summed E-state index contributed by atoms with van der Waals surface area (Å²) in [6.45, 7) is 0.157. The summed E-state index contributed by atoms with van der Waals surface area (Å²) < 4.78 is 38.8. The molecule has 3 nitrogen and oxygen atoms in total. The summed E-state index contributed by atoms with van der Waals surface area (Å²) in [7, 11) is 0. The number of benzene rings is 1. The zero-order chi connectivity index (χ0) is 12.6. The third-order valence-corrected chi connectivity index (χ3v) is 3.01. The Labute approximate surface area is 95.8 Å². The molecule has 17 heavy (non-hydrogen) atoms. The van der Waals surface area contributed by atoms with Crippen LogP contribution in [0.25, 0.3) is 0 Å². The Kier molecular flexibility index (Phi) is 2.82. The average Bonchev–Trinajstić information content (AvgIpc) is 3.11. The lowest BCUT2D eigenvalue weighted by molar-refractivity contribution is -0.120. The second kappa shape index (κ2) is 4.03. The van der Waals surface area contributed by atoms with E-state index in [9.17, 15) is 18.0 Å². The highest BCUT2D eigenvalue weighted by Gasteiger charge is 2.48. The van der Waals surface area contributed by atoms with Gasteiger partial charge in [0.2, 0.25) is 5.91 Å². The molecule has 3 N–H and O–H groups in total. The zero-order valence-electron chi connectivity index (χ0n) is 8.90. The SMILES string of the molecule is NCC1(C(=O)Nc2ccc(F)c(F)c2F)CC1. The van der Waals surface area contributed by atoms with Crippen molar-refractivity contribution in [2.24, 2.45) is 11.1 Å². The highest BCUT2D eigenvalue weighted by Crippen LogP contribution is 2.45. The van der Waals surface area contributed by atoms with Gasteiger partial charge in [0.05, 0.1) is 11.1 Å². The monoisotopic (exact) mass is 244 g/mol. The molecule has 1 aromatic carbocycles. The minimum atomic E-state index is -1.60. The molecule has 1 aromatic rings. The maximum absolute atomic E-state index is 13.3. The molecule has 1 aliphatic rings. The first-order valence-electron chi connectivity index (χ1n) is 5.15. The number of carbonyl (C=O) groups excluding carboxylic acids is 1. The Balaban J connectivity index is 2.20. The van der Waals surface area contributed by atoms with Crippen molar-refractivity contribution in [3.8, 4) is 0 Å². The van der Waals surface area contributed by atoms with Crippen molar-refractivity contribution in [3.05, 3.63) is 29.6 Å². The minimum Gasteiger partial charge on any atom is -0.329 e. The second-order valence-electron chi connectivity index (χ2n) is 4.16. The lowest BCUT2D eigenvalue weighted by Crippen LogP contribution is -2.31. The van der Waals surface area contributed by atoms with Gasteiger partial charge in [0.25, 0.3) is 0 Å². The van der Waals surface area contributed by atoms with E-state index in [1.165, 1.54) is 0 Å². The van der Waals surface area contributed by atoms with Gasteiger partial charge in [-0.3, -0.25) is 4.79 Å². The van der Waals surface area contributed by atoms with E-state index in [0.29, 0.717) is 12.8 Å². The molecule has 0 unspecified atom stereocenters. The van der Waals surface area contributed by atoms with Crippen LogP contribution >= 0.6 is 0 Å². The van der Waals surface area contributed by atoms with Crippen LogP contribution in [0.15, 0.2) is 12.1 Å². The molecule has 0 bridgehead atoms. The van der Waals surface area contributed by atoms with E-state index in [2.05, 4.69) is 5.32 Å². The molecule has 0 spiro atoms. The molecule has 0 heterocycles. The van der Waals surface area contributed by atoms with Gasteiger partial charge in [0.15, 0.2) is 17.5 Å². The summed E-state index contributed by atoms with van der Waals surface area (Å²) in [6.07, 6.45) is 1.25. The fourth-order valence-electron chi connectivity index (χ4n) is 1.55. The van der Waals surface area contributed by atoms with Crippen LogP contribution in [0.3, 0.4) is 0 Å². The number of amides is 1. The van der Waals surface area contributed by atoms with Crippen molar-refractivity contribution in [2.45, 2.75) is 12.8 Å². The standard InChI is InChI=1S/C11H11F3N2O/c12-6-1-2-7(9(14)8(6)13)16-10(17)11(5-15)3-4-11/h1-2H,3-5,15H2,(H,16,17). The predicted octanol–water partition coefficient (Wildman–Crippen LogP) is 1.78. The fourth-order valence-corrected chi connectivity index (χ4v) is 1.55. The molecule has 0 saturated heterocycles. The van der Waals surface area contributed by atoms with Crippen LogP contribution in [-0.4, -0.2) is 12.5 Å². The first kappa shape index (κ1) is 11.9. The number of rotatable bonds is 3. The molecular weight excluding hydrogens is 233 g/mol. The first-order valence-corrected chi connectivity index (χ1v) is 5.15. The molecule has 2 rings (SSSR count). The molecule has 92 valence electrons. The van der Waals surface area contributed by atoms with Gasteiger partial charge >= 0.3 is 0 Å². The van der Waals surface area contributed by atoms with Crippen molar-refractivity contribution >= 4 is 11.6 Å². The number of nitrogens with one attached hydrogen (secondary N) is 1. The van der Waals surface area contributed by atoms with Crippen LogP contribution in [0.5, 0.6) is 0 Å². The Morgan fingerprint density at radius 1 is 1.29 bits per heavy atom. The number of hydrogen-bond acceptors (Lipinski definition) is 2. The molecule has 0 radical (unpaired) electrons. The molecule has 0 aromatic heterocycles. The van der Waals surface area contributed by atoms with Gasteiger partial charge in [0.1, 0.15) is 0 Å². The molecule has 0 aliphatic heterocycles. The number of anilines is 1. The fraction of sp³-hybridized carbons (Fsp3) is 0.364. The summed E-state index contributed by atoms with van der Waals surface area (Å²) in [5.74, 6) is -4.74. The lowest BCUT2D eigenvalue weighted by atomic mass is 10.1. The molecule has 1 amide bonds.